The van der Waals surface area contributed by atoms with Crippen LogP contribution in [0.1, 0.15) is 22.4 Å². The van der Waals surface area contributed by atoms with Gasteiger partial charge in [-0.25, -0.2) is 9.97 Å². The molecule has 204 valence electrons. The van der Waals surface area contributed by atoms with E-state index in [1.165, 1.54) is 34.5 Å². The van der Waals surface area contributed by atoms with E-state index in [0.717, 1.165) is 47.4 Å². The number of nitrogens with zero attached hydrogens (tertiary/aromatic N) is 3. The fraction of sp³-hybridized carbons (Fsp3) is 0.250. The molecule has 1 N–H and O–H groups in total. The van der Waals surface area contributed by atoms with Crippen LogP contribution in [0.4, 0.5) is 31.5 Å². The van der Waals surface area contributed by atoms with Crippen molar-refractivity contribution in [1.82, 2.24) is 14.5 Å². The van der Waals surface area contributed by atoms with Gasteiger partial charge in [0.05, 0.1) is 44.2 Å². The van der Waals surface area contributed by atoms with Gasteiger partial charge >= 0.3 is 12.4 Å². The fourth-order valence-electron chi connectivity index (χ4n) is 3.79. The third-order valence-corrected chi connectivity index (χ3v) is 8.68. The summed E-state index contributed by atoms with van der Waals surface area (Å²) >= 11 is 3.22. The van der Waals surface area contributed by atoms with E-state index >= 15 is 0 Å². The molecule has 0 spiro atoms. The zero-order valence-corrected chi connectivity index (χ0v) is 22.0. The first-order valence-corrected chi connectivity index (χ1v) is 14.0. The van der Waals surface area contributed by atoms with E-state index < -0.39 is 29.4 Å². The number of hydrogen-bond donors (Lipinski definition) is 1. The number of anilines is 1. The molecule has 0 saturated carbocycles. The molecule has 1 aliphatic rings. The molecule has 0 saturated heterocycles. The summed E-state index contributed by atoms with van der Waals surface area (Å²) in [7, 11) is 0. The number of nitrogens with one attached hydrogen (secondary N) is 1. The zero-order chi connectivity index (χ0) is 27.9. The zero-order valence-electron chi connectivity index (χ0n) is 19.5. The summed E-state index contributed by atoms with van der Waals surface area (Å²) in [4.78, 5) is 35.0. The molecule has 4 aromatic rings. The van der Waals surface area contributed by atoms with E-state index in [1.54, 1.807) is 0 Å². The maximum Gasteiger partial charge on any atom is 0.416 e. The number of aromatic nitrogens is 3. The predicted molar refractivity (Wildman–Crippen MR) is 137 cm³/mol. The number of rotatable bonds is 6. The summed E-state index contributed by atoms with van der Waals surface area (Å²) in [6.45, 7) is -0.0405. The highest BCUT2D eigenvalue weighted by molar-refractivity contribution is 8.00. The normalized spacial score (nSPS) is 13.6. The van der Waals surface area contributed by atoms with E-state index in [0.29, 0.717) is 33.8 Å². The highest BCUT2D eigenvalue weighted by atomic mass is 32.2. The lowest BCUT2D eigenvalue weighted by Gasteiger charge is -2.14. The Labute approximate surface area is 228 Å². The number of carbonyl (C=O) groups is 1. The van der Waals surface area contributed by atoms with Crippen molar-refractivity contribution < 1.29 is 31.1 Å². The topological polar surface area (TPSA) is 76.9 Å². The lowest BCUT2D eigenvalue weighted by molar-refractivity contribution is -0.138. The van der Waals surface area contributed by atoms with E-state index in [4.69, 9.17) is 0 Å². The number of aryl methyl sites for hydroxylation is 1. The van der Waals surface area contributed by atoms with Gasteiger partial charge in [0.2, 0.25) is 5.91 Å². The lowest BCUT2D eigenvalue weighted by atomic mass is 10.1. The van der Waals surface area contributed by atoms with Crippen LogP contribution in [0, 0.1) is 0 Å². The summed E-state index contributed by atoms with van der Waals surface area (Å²) in [6.07, 6.45) is -8.42. The number of amides is 1. The Morgan fingerprint density at radius 3 is 2.38 bits per heavy atom. The molecule has 1 aliphatic heterocycles. The van der Waals surface area contributed by atoms with Crippen LogP contribution in [0.2, 0.25) is 0 Å². The fourth-order valence-corrected chi connectivity index (χ4v) is 6.57. The third kappa shape index (κ3) is 6.09. The maximum atomic E-state index is 13.2. The Morgan fingerprint density at radius 1 is 1.00 bits per heavy atom. The minimum atomic E-state index is -4.50. The third-order valence-electron chi connectivity index (χ3n) is 5.66. The minimum absolute atomic E-state index is 0.0405. The molecular formula is C24H16F6N4O2S3. The largest absolute Gasteiger partial charge is 0.416 e. The van der Waals surface area contributed by atoms with E-state index in [1.807, 2.05) is 0 Å². The number of benzene rings is 2. The number of fused-ring (bicyclic) bond motifs is 2. The van der Waals surface area contributed by atoms with E-state index in [2.05, 4.69) is 15.3 Å². The van der Waals surface area contributed by atoms with Gasteiger partial charge in [0.1, 0.15) is 0 Å². The van der Waals surface area contributed by atoms with Crippen LogP contribution in [0.3, 0.4) is 0 Å². The smallest absolute Gasteiger partial charge is 0.301 e. The van der Waals surface area contributed by atoms with Gasteiger partial charge in [0.25, 0.3) is 5.56 Å². The molecule has 0 radical (unpaired) electrons. The quantitative estimate of drug-likeness (QED) is 0.158. The van der Waals surface area contributed by atoms with Crippen molar-refractivity contribution in [3.63, 3.8) is 0 Å². The van der Waals surface area contributed by atoms with Crippen molar-refractivity contribution in [3.05, 3.63) is 75.2 Å². The van der Waals surface area contributed by atoms with Crippen molar-refractivity contribution in [2.75, 3.05) is 16.8 Å². The van der Waals surface area contributed by atoms with Crippen LogP contribution >= 0.6 is 34.9 Å². The maximum absolute atomic E-state index is 13.2. The predicted octanol–water partition coefficient (Wildman–Crippen LogP) is 6.32. The first kappa shape index (κ1) is 27.5. The number of carbonyl (C=O) groups excluding carboxylic acids is 1. The second-order valence-electron chi connectivity index (χ2n) is 8.39. The summed E-state index contributed by atoms with van der Waals surface area (Å²) < 4.78 is 79.3. The van der Waals surface area contributed by atoms with Crippen LogP contribution in [0.15, 0.2) is 57.3 Å². The second kappa shape index (κ2) is 10.5. The summed E-state index contributed by atoms with van der Waals surface area (Å²) in [5, 5.41) is 2.91. The molecule has 0 unspecified atom stereocenters. The summed E-state index contributed by atoms with van der Waals surface area (Å²) in [5.41, 5.74) is -0.607. The highest BCUT2D eigenvalue weighted by Crippen LogP contribution is 2.35. The molecule has 39 heavy (non-hydrogen) atoms. The molecule has 0 fully saturated rings. The monoisotopic (exact) mass is 602 g/mol. The molecule has 0 atom stereocenters. The minimum Gasteiger partial charge on any atom is -0.301 e. The van der Waals surface area contributed by atoms with Gasteiger partial charge in [-0.15, -0.1) is 11.8 Å². The number of thioether (sulfide) groups is 2. The van der Waals surface area contributed by atoms with Gasteiger partial charge in [0.15, 0.2) is 10.3 Å². The summed E-state index contributed by atoms with van der Waals surface area (Å²) in [5.74, 6) is -0.0322. The van der Waals surface area contributed by atoms with Gasteiger partial charge in [-0.2, -0.15) is 26.3 Å². The highest BCUT2D eigenvalue weighted by Gasteiger charge is 2.31. The first-order chi connectivity index (χ1) is 18.4. The second-order valence-corrected chi connectivity index (χ2v) is 11.5. The van der Waals surface area contributed by atoms with Crippen LogP contribution in [0.5, 0.6) is 0 Å². The number of thiazole rings is 1. The molecule has 3 heterocycles. The Balaban J connectivity index is 1.33. The van der Waals surface area contributed by atoms with Crippen molar-refractivity contribution >= 4 is 56.1 Å². The van der Waals surface area contributed by atoms with Crippen LogP contribution < -0.4 is 10.9 Å². The molecule has 2 aromatic heterocycles. The standard InChI is InChI=1S/C24H16F6N4O2S3/c25-23(26,27)13-3-1-12(2-4-13)10-34-20(36)19-16(7-8-37-19)32-22(34)38-11-18(35)33-21-31-15-6-5-14(24(28,29)30)9-17(15)39-21/h1-6,9H,7-8,10-11H2,(H,31,33,35). The average Bonchev–Trinajstić information content (AvgIpc) is 3.50. The van der Waals surface area contributed by atoms with Gasteiger partial charge in [0, 0.05) is 12.2 Å². The average molecular weight is 603 g/mol. The first-order valence-electron chi connectivity index (χ1n) is 11.2. The molecule has 5 rings (SSSR count). The van der Waals surface area contributed by atoms with E-state index in [-0.39, 0.29) is 32.8 Å². The number of alkyl halides is 6. The van der Waals surface area contributed by atoms with Crippen LogP contribution in [-0.2, 0) is 30.1 Å². The van der Waals surface area contributed by atoms with Crippen LogP contribution in [-0.4, -0.2) is 31.9 Å². The van der Waals surface area contributed by atoms with Gasteiger partial charge in [-0.1, -0.05) is 35.2 Å². The molecule has 0 aliphatic carbocycles. The Kier molecular flexibility index (Phi) is 7.41. The molecule has 0 bridgehead atoms. The molecule has 6 nitrogen and oxygen atoms in total. The molecule has 2 aromatic carbocycles. The molecular weight excluding hydrogens is 586 g/mol. The van der Waals surface area contributed by atoms with Gasteiger partial charge in [-0.3, -0.25) is 14.2 Å². The van der Waals surface area contributed by atoms with Gasteiger partial charge in [-0.05, 0) is 35.9 Å². The Morgan fingerprint density at radius 2 is 1.69 bits per heavy atom. The van der Waals surface area contributed by atoms with Crippen molar-refractivity contribution in [1.29, 1.82) is 0 Å². The number of hydrogen-bond acceptors (Lipinski definition) is 7. The molecule has 15 heteroatoms. The Bertz CT molecular complexity index is 1610. The Hall–Kier alpha value is -3.04. The lowest BCUT2D eigenvalue weighted by Crippen LogP contribution is -2.26. The van der Waals surface area contributed by atoms with Crippen molar-refractivity contribution in [2.24, 2.45) is 0 Å². The van der Waals surface area contributed by atoms with Crippen molar-refractivity contribution in [2.45, 2.75) is 35.4 Å². The van der Waals surface area contributed by atoms with E-state index in [9.17, 15) is 35.9 Å². The van der Waals surface area contributed by atoms with Crippen LogP contribution in [0.25, 0.3) is 10.2 Å². The number of halogens is 6. The SMILES string of the molecule is O=C(CSc1nc2c(c(=O)n1Cc1ccc(C(F)(F)F)cc1)SCC2)Nc1nc2ccc(C(F)(F)F)cc2s1. The van der Waals surface area contributed by atoms with Gasteiger partial charge < -0.3 is 5.32 Å². The summed E-state index contributed by atoms with van der Waals surface area (Å²) in [6, 6.07) is 7.55. The van der Waals surface area contributed by atoms with Crippen molar-refractivity contribution in [3.8, 4) is 0 Å². The molecule has 1 amide bonds.